The molecule has 0 fully saturated rings. The number of carbonyl (C=O) groups excluding carboxylic acids is 1. The van der Waals surface area contributed by atoms with Crippen molar-refractivity contribution in [1.29, 1.82) is 0 Å². The van der Waals surface area contributed by atoms with E-state index in [-0.39, 0.29) is 22.0 Å². The fourth-order valence-corrected chi connectivity index (χ4v) is 3.77. The number of aromatic carboxylic acids is 1. The summed E-state index contributed by atoms with van der Waals surface area (Å²) in [6.07, 6.45) is 0.859. The average Bonchev–Trinajstić information content (AvgIpc) is 3.24. The maximum absolute atomic E-state index is 12.8. The van der Waals surface area contributed by atoms with E-state index in [0.29, 0.717) is 25.1 Å². The molecule has 1 aromatic heterocycles. The molecule has 0 saturated heterocycles. The van der Waals surface area contributed by atoms with Crippen molar-refractivity contribution in [1.82, 2.24) is 4.72 Å². The van der Waals surface area contributed by atoms with Crippen molar-refractivity contribution in [2.45, 2.75) is 24.7 Å². The van der Waals surface area contributed by atoms with E-state index in [1.54, 1.807) is 13.0 Å². The van der Waals surface area contributed by atoms with E-state index < -0.39 is 21.9 Å². The standard InChI is InChI=1S/C17H18N2O6S/c1-3-14-12(17(21)22)9-15(25-14)16(20)19-7-6-10-8-11(4-5-13(10)19)26(23,24)18-2/h4-5,8-9,18H,3,6-7H2,1-2H3,(H,21,22). The average molecular weight is 378 g/mol. The predicted molar refractivity (Wildman–Crippen MR) is 93.1 cm³/mol. The van der Waals surface area contributed by atoms with Crippen LogP contribution in [0.1, 0.15) is 39.2 Å². The van der Waals surface area contributed by atoms with Crippen LogP contribution in [0, 0.1) is 0 Å². The molecule has 26 heavy (non-hydrogen) atoms. The van der Waals surface area contributed by atoms with Gasteiger partial charge in [0.15, 0.2) is 5.76 Å². The Bertz CT molecular complexity index is 993. The molecule has 0 unspecified atom stereocenters. The van der Waals surface area contributed by atoms with Crippen molar-refractivity contribution in [2.75, 3.05) is 18.5 Å². The molecule has 2 N–H and O–H groups in total. The molecule has 8 nitrogen and oxygen atoms in total. The largest absolute Gasteiger partial charge is 0.478 e. The SMILES string of the molecule is CCc1oc(C(=O)N2CCc3cc(S(=O)(=O)NC)ccc32)cc1C(=O)O. The first kappa shape index (κ1) is 18.2. The minimum Gasteiger partial charge on any atom is -0.478 e. The zero-order valence-corrected chi connectivity index (χ0v) is 15.1. The molecular formula is C17H18N2O6S. The monoisotopic (exact) mass is 378 g/mol. The van der Waals surface area contributed by atoms with Crippen LogP contribution < -0.4 is 9.62 Å². The Kier molecular flexibility index (Phi) is 4.59. The molecule has 0 atom stereocenters. The van der Waals surface area contributed by atoms with Gasteiger partial charge < -0.3 is 14.4 Å². The first-order valence-electron chi connectivity index (χ1n) is 8.02. The summed E-state index contributed by atoms with van der Waals surface area (Å²) >= 11 is 0. The number of furan rings is 1. The zero-order valence-electron chi connectivity index (χ0n) is 14.3. The van der Waals surface area contributed by atoms with Gasteiger partial charge >= 0.3 is 5.97 Å². The van der Waals surface area contributed by atoms with Crippen LogP contribution in [0.5, 0.6) is 0 Å². The van der Waals surface area contributed by atoms with Gasteiger partial charge in [-0.25, -0.2) is 17.9 Å². The number of carbonyl (C=O) groups is 2. The van der Waals surface area contributed by atoms with Crippen LogP contribution in [0.2, 0.25) is 0 Å². The highest BCUT2D eigenvalue weighted by molar-refractivity contribution is 7.89. The maximum Gasteiger partial charge on any atom is 0.339 e. The minimum absolute atomic E-state index is 0.0225. The summed E-state index contributed by atoms with van der Waals surface area (Å²) in [5.41, 5.74) is 1.30. The minimum atomic E-state index is -3.56. The highest BCUT2D eigenvalue weighted by atomic mass is 32.2. The first-order valence-corrected chi connectivity index (χ1v) is 9.51. The van der Waals surface area contributed by atoms with Crippen LogP contribution in [0.4, 0.5) is 5.69 Å². The van der Waals surface area contributed by atoms with Crippen LogP contribution in [-0.2, 0) is 22.9 Å². The van der Waals surface area contributed by atoms with Gasteiger partial charge in [-0.15, -0.1) is 0 Å². The lowest BCUT2D eigenvalue weighted by atomic mass is 10.2. The second-order valence-electron chi connectivity index (χ2n) is 5.81. The Balaban J connectivity index is 1.94. The van der Waals surface area contributed by atoms with Gasteiger partial charge in [-0.3, -0.25) is 4.79 Å². The van der Waals surface area contributed by atoms with E-state index in [2.05, 4.69) is 4.72 Å². The molecule has 2 heterocycles. The van der Waals surface area contributed by atoms with Crippen molar-refractivity contribution in [3.8, 4) is 0 Å². The van der Waals surface area contributed by atoms with E-state index in [4.69, 9.17) is 4.42 Å². The molecule has 138 valence electrons. The summed E-state index contributed by atoms with van der Waals surface area (Å²) in [7, 11) is -2.23. The van der Waals surface area contributed by atoms with Gasteiger partial charge in [-0.05, 0) is 37.2 Å². The topological polar surface area (TPSA) is 117 Å². The van der Waals surface area contributed by atoms with E-state index in [0.717, 1.165) is 5.56 Å². The lowest BCUT2D eigenvalue weighted by Gasteiger charge is -2.16. The molecule has 3 rings (SSSR count). The summed E-state index contributed by atoms with van der Waals surface area (Å²) in [5, 5.41) is 9.20. The number of aryl methyl sites for hydroxylation is 1. The Hall–Kier alpha value is -2.65. The smallest absolute Gasteiger partial charge is 0.339 e. The van der Waals surface area contributed by atoms with E-state index in [9.17, 15) is 23.1 Å². The van der Waals surface area contributed by atoms with Crippen LogP contribution in [0.25, 0.3) is 0 Å². The molecule has 0 spiro atoms. The molecule has 0 saturated carbocycles. The third-order valence-corrected chi connectivity index (χ3v) is 5.75. The van der Waals surface area contributed by atoms with Crippen LogP contribution >= 0.6 is 0 Å². The van der Waals surface area contributed by atoms with Gasteiger partial charge in [0.1, 0.15) is 11.3 Å². The summed E-state index contributed by atoms with van der Waals surface area (Å²) in [6.45, 7) is 2.11. The first-order chi connectivity index (χ1) is 12.3. The van der Waals surface area contributed by atoms with Gasteiger partial charge in [-0.1, -0.05) is 6.92 Å². The van der Waals surface area contributed by atoms with Gasteiger partial charge in [0, 0.05) is 24.7 Å². The normalized spacial score (nSPS) is 13.7. The molecule has 0 bridgehead atoms. The Morgan fingerprint density at radius 2 is 2.04 bits per heavy atom. The molecule has 1 aliphatic heterocycles. The van der Waals surface area contributed by atoms with Gasteiger partial charge in [0.2, 0.25) is 10.0 Å². The van der Waals surface area contributed by atoms with Crippen molar-refractivity contribution in [3.63, 3.8) is 0 Å². The van der Waals surface area contributed by atoms with Gasteiger partial charge in [-0.2, -0.15) is 0 Å². The quantitative estimate of drug-likeness (QED) is 0.817. The summed E-state index contributed by atoms with van der Waals surface area (Å²) in [6, 6.07) is 5.78. The number of nitrogens with zero attached hydrogens (tertiary/aromatic N) is 1. The number of fused-ring (bicyclic) bond motifs is 1. The van der Waals surface area contributed by atoms with Crippen molar-refractivity contribution < 1.29 is 27.5 Å². The number of hydrogen-bond donors (Lipinski definition) is 2. The highest BCUT2D eigenvalue weighted by Gasteiger charge is 2.30. The fraction of sp³-hybridized carbons (Fsp3) is 0.294. The van der Waals surface area contributed by atoms with Crippen LogP contribution in [0.3, 0.4) is 0 Å². The third kappa shape index (κ3) is 2.99. The van der Waals surface area contributed by atoms with Crippen molar-refractivity contribution >= 4 is 27.6 Å². The second-order valence-corrected chi connectivity index (χ2v) is 7.70. The second kappa shape index (κ2) is 6.58. The number of carboxylic acid groups (broad SMARTS) is 1. The van der Waals surface area contributed by atoms with E-state index in [1.165, 1.54) is 30.1 Å². The lowest BCUT2D eigenvalue weighted by Crippen LogP contribution is -2.28. The van der Waals surface area contributed by atoms with E-state index in [1.807, 2.05) is 0 Å². The third-order valence-electron chi connectivity index (χ3n) is 4.34. The Morgan fingerprint density at radius 3 is 2.62 bits per heavy atom. The molecule has 1 aromatic carbocycles. The number of sulfonamides is 1. The molecule has 9 heteroatoms. The highest BCUT2D eigenvalue weighted by Crippen LogP contribution is 2.32. The molecule has 2 aromatic rings. The van der Waals surface area contributed by atoms with Crippen molar-refractivity contribution in [3.05, 3.63) is 46.9 Å². The van der Waals surface area contributed by atoms with Crippen LogP contribution in [-0.4, -0.2) is 39.0 Å². The Labute approximate surface area is 150 Å². The molecule has 1 amide bonds. The molecule has 0 radical (unpaired) electrons. The van der Waals surface area contributed by atoms with Crippen molar-refractivity contribution in [2.24, 2.45) is 0 Å². The number of carboxylic acids is 1. The Morgan fingerprint density at radius 1 is 1.31 bits per heavy atom. The summed E-state index contributed by atoms with van der Waals surface area (Å²) < 4.78 is 31.5. The molecule has 1 aliphatic rings. The molecular weight excluding hydrogens is 360 g/mol. The number of anilines is 1. The summed E-state index contributed by atoms with van der Waals surface area (Å²) in [4.78, 5) is 25.6. The fourth-order valence-electron chi connectivity index (χ4n) is 2.98. The number of rotatable bonds is 5. The van der Waals surface area contributed by atoms with E-state index >= 15 is 0 Å². The number of benzene rings is 1. The van der Waals surface area contributed by atoms with Gasteiger partial charge in [0.25, 0.3) is 5.91 Å². The molecule has 0 aliphatic carbocycles. The van der Waals surface area contributed by atoms with Gasteiger partial charge in [0.05, 0.1) is 4.90 Å². The lowest BCUT2D eigenvalue weighted by molar-refractivity contribution is 0.0694. The maximum atomic E-state index is 12.8. The summed E-state index contributed by atoms with van der Waals surface area (Å²) in [5.74, 6) is -1.39. The number of hydrogen-bond acceptors (Lipinski definition) is 5. The number of amides is 1. The number of nitrogens with one attached hydrogen (secondary N) is 1. The zero-order chi connectivity index (χ0) is 19.1. The van der Waals surface area contributed by atoms with Crippen LogP contribution in [0.15, 0.2) is 33.6 Å². The predicted octanol–water partition coefficient (Wildman–Crippen LogP) is 1.65.